The number of nitrogens with zero attached hydrogens (tertiary/aromatic N) is 3. The Kier molecular flexibility index (Phi) is 3.19. The van der Waals surface area contributed by atoms with Crippen LogP contribution in [0.15, 0.2) is 12.3 Å². The van der Waals surface area contributed by atoms with E-state index in [1.165, 1.54) is 6.42 Å². The molecule has 4 nitrogen and oxygen atoms in total. The summed E-state index contributed by atoms with van der Waals surface area (Å²) in [6.45, 7) is 5.71. The number of hydrogen-bond acceptors (Lipinski definition) is 3. The molecule has 1 aliphatic rings. The average Bonchev–Trinajstić information content (AvgIpc) is 2.69. The van der Waals surface area contributed by atoms with E-state index < -0.39 is 0 Å². The van der Waals surface area contributed by atoms with Crippen molar-refractivity contribution in [1.82, 2.24) is 15.1 Å². The van der Waals surface area contributed by atoms with Crippen molar-refractivity contribution in [2.45, 2.75) is 32.4 Å². The molecule has 1 aromatic rings. The topological polar surface area (TPSA) is 33.1 Å². The summed E-state index contributed by atoms with van der Waals surface area (Å²) in [6.07, 6.45) is 3.20. The molecule has 1 saturated heterocycles. The summed E-state index contributed by atoms with van der Waals surface area (Å²) in [5.74, 6) is 1.76. The minimum Gasteiger partial charge on any atom is -0.352 e. The lowest BCUT2D eigenvalue weighted by molar-refractivity contribution is 0.281. The van der Waals surface area contributed by atoms with Crippen LogP contribution >= 0.6 is 0 Å². The van der Waals surface area contributed by atoms with Gasteiger partial charge in [0.2, 0.25) is 0 Å². The van der Waals surface area contributed by atoms with Crippen molar-refractivity contribution < 1.29 is 0 Å². The van der Waals surface area contributed by atoms with Gasteiger partial charge in [0.15, 0.2) is 5.82 Å². The van der Waals surface area contributed by atoms with Crippen molar-refractivity contribution in [3.63, 3.8) is 0 Å². The number of piperidine rings is 1. The fourth-order valence-electron chi connectivity index (χ4n) is 2.65. The Hall–Kier alpha value is -1.03. The summed E-state index contributed by atoms with van der Waals surface area (Å²) in [4.78, 5) is 2.42. The van der Waals surface area contributed by atoms with E-state index in [1.54, 1.807) is 0 Å². The summed E-state index contributed by atoms with van der Waals surface area (Å²) in [6, 6.07) is 3.28. The first-order valence-electron chi connectivity index (χ1n) is 6.07. The maximum atomic E-state index is 4.49. The van der Waals surface area contributed by atoms with Gasteiger partial charge in [-0.3, -0.25) is 4.68 Å². The van der Waals surface area contributed by atoms with Crippen LogP contribution in [0.1, 0.15) is 20.3 Å². The van der Waals surface area contributed by atoms with Crippen LogP contribution in [0.5, 0.6) is 0 Å². The van der Waals surface area contributed by atoms with Crippen LogP contribution in [-0.2, 0) is 7.05 Å². The predicted molar refractivity (Wildman–Crippen MR) is 66.6 cm³/mol. The van der Waals surface area contributed by atoms with E-state index in [4.69, 9.17) is 0 Å². The molecule has 2 rings (SSSR count). The SMILES string of the molecule is CNC1CCN(c2ccn(C)n2)C(C)C1C. The van der Waals surface area contributed by atoms with Gasteiger partial charge in [0, 0.05) is 37.9 Å². The van der Waals surface area contributed by atoms with E-state index in [9.17, 15) is 0 Å². The lowest BCUT2D eigenvalue weighted by atomic mass is 9.87. The van der Waals surface area contributed by atoms with Gasteiger partial charge in [-0.1, -0.05) is 6.92 Å². The molecular formula is C12H22N4. The molecule has 3 unspecified atom stereocenters. The molecule has 0 aliphatic carbocycles. The number of aromatic nitrogens is 2. The molecule has 1 N–H and O–H groups in total. The van der Waals surface area contributed by atoms with Gasteiger partial charge in [-0.2, -0.15) is 5.10 Å². The summed E-state index contributed by atoms with van der Waals surface area (Å²) in [7, 11) is 4.03. The second-order valence-electron chi connectivity index (χ2n) is 4.82. The van der Waals surface area contributed by atoms with Crippen molar-refractivity contribution in [3.05, 3.63) is 12.3 Å². The zero-order chi connectivity index (χ0) is 11.7. The second-order valence-corrected chi connectivity index (χ2v) is 4.82. The van der Waals surface area contributed by atoms with E-state index in [-0.39, 0.29) is 0 Å². The van der Waals surface area contributed by atoms with Gasteiger partial charge in [-0.25, -0.2) is 0 Å². The quantitative estimate of drug-likeness (QED) is 0.817. The minimum absolute atomic E-state index is 0.543. The summed E-state index contributed by atoms with van der Waals surface area (Å²) in [5.41, 5.74) is 0. The highest BCUT2D eigenvalue weighted by atomic mass is 15.3. The molecule has 3 atom stereocenters. The zero-order valence-electron chi connectivity index (χ0n) is 10.6. The Morgan fingerprint density at radius 1 is 1.44 bits per heavy atom. The van der Waals surface area contributed by atoms with E-state index in [2.05, 4.69) is 42.3 Å². The zero-order valence-corrected chi connectivity index (χ0v) is 10.6. The molecule has 2 heterocycles. The average molecular weight is 222 g/mol. The molecule has 0 aromatic carbocycles. The fourth-order valence-corrected chi connectivity index (χ4v) is 2.65. The van der Waals surface area contributed by atoms with Gasteiger partial charge in [-0.15, -0.1) is 0 Å². The maximum absolute atomic E-state index is 4.49. The highest BCUT2D eigenvalue weighted by Crippen LogP contribution is 2.27. The molecule has 0 bridgehead atoms. The maximum Gasteiger partial charge on any atom is 0.150 e. The number of rotatable bonds is 2. The Bertz CT molecular complexity index is 347. The van der Waals surface area contributed by atoms with Crippen molar-refractivity contribution >= 4 is 5.82 Å². The van der Waals surface area contributed by atoms with E-state index >= 15 is 0 Å². The summed E-state index contributed by atoms with van der Waals surface area (Å²) in [5, 5.41) is 7.90. The van der Waals surface area contributed by atoms with Crippen LogP contribution in [0.2, 0.25) is 0 Å². The van der Waals surface area contributed by atoms with Gasteiger partial charge in [-0.05, 0) is 26.3 Å². The van der Waals surface area contributed by atoms with Crippen molar-refractivity contribution in [2.24, 2.45) is 13.0 Å². The predicted octanol–water partition coefficient (Wildman–Crippen LogP) is 1.24. The van der Waals surface area contributed by atoms with Crippen LogP contribution in [0.4, 0.5) is 5.82 Å². The normalized spacial score (nSPS) is 30.8. The van der Waals surface area contributed by atoms with E-state index in [1.807, 2.05) is 17.9 Å². The first-order chi connectivity index (χ1) is 7.63. The molecule has 0 spiro atoms. The van der Waals surface area contributed by atoms with Gasteiger partial charge in [0.1, 0.15) is 0 Å². The monoisotopic (exact) mass is 222 g/mol. The van der Waals surface area contributed by atoms with Gasteiger partial charge in [0.25, 0.3) is 0 Å². The Balaban J connectivity index is 2.13. The molecule has 16 heavy (non-hydrogen) atoms. The molecular weight excluding hydrogens is 200 g/mol. The molecule has 90 valence electrons. The largest absolute Gasteiger partial charge is 0.352 e. The third-order valence-corrected chi connectivity index (χ3v) is 3.93. The molecule has 1 fully saturated rings. The van der Waals surface area contributed by atoms with Crippen LogP contribution in [0.25, 0.3) is 0 Å². The third-order valence-electron chi connectivity index (χ3n) is 3.93. The first kappa shape index (κ1) is 11.5. The second kappa shape index (κ2) is 4.45. The Labute approximate surface area is 97.6 Å². The summed E-state index contributed by atoms with van der Waals surface area (Å²) >= 11 is 0. The highest BCUT2D eigenvalue weighted by Gasteiger charge is 2.32. The number of hydrogen-bond donors (Lipinski definition) is 1. The summed E-state index contributed by atoms with van der Waals surface area (Å²) < 4.78 is 1.87. The number of nitrogens with one attached hydrogen (secondary N) is 1. The molecule has 0 saturated carbocycles. The molecule has 1 aromatic heterocycles. The number of aryl methyl sites for hydroxylation is 1. The minimum atomic E-state index is 0.543. The first-order valence-corrected chi connectivity index (χ1v) is 6.07. The van der Waals surface area contributed by atoms with Crippen molar-refractivity contribution in [3.8, 4) is 0 Å². The van der Waals surface area contributed by atoms with Gasteiger partial charge in [0.05, 0.1) is 0 Å². The third kappa shape index (κ3) is 1.94. The highest BCUT2D eigenvalue weighted by molar-refractivity contribution is 5.39. The standard InChI is InChI=1S/C12H22N4/c1-9-10(2)16(8-5-11(9)13-3)12-6-7-15(4)14-12/h6-7,9-11,13H,5,8H2,1-4H3. The van der Waals surface area contributed by atoms with E-state index in [0.717, 1.165) is 12.4 Å². The smallest absolute Gasteiger partial charge is 0.150 e. The van der Waals surface area contributed by atoms with Crippen LogP contribution < -0.4 is 10.2 Å². The lowest BCUT2D eigenvalue weighted by Gasteiger charge is -2.42. The van der Waals surface area contributed by atoms with Crippen molar-refractivity contribution in [1.29, 1.82) is 0 Å². The Morgan fingerprint density at radius 2 is 2.19 bits per heavy atom. The van der Waals surface area contributed by atoms with Crippen molar-refractivity contribution in [2.75, 3.05) is 18.5 Å². The van der Waals surface area contributed by atoms with E-state index in [0.29, 0.717) is 18.0 Å². The molecule has 1 aliphatic heterocycles. The Morgan fingerprint density at radius 3 is 2.75 bits per heavy atom. The number of anilines is 1. The fraction of sp³-hybridized carbons (Fsp3) is 0.750. The van der Waals surface area contributed by atoms with Crippen LogP contribution in [-0.4, -0.2) is 35.5 Å². The van der Waals surface area contributed by atoms with Gasteiger partial charge < -0.3 is 10.2 Å². The molecule has 4 heteroatoms. The molecule has 0 amide bonds. The molecule has 0 radical (unpaired) electrons. The lowest BCUT2D eigenvalue weighted by Crippen LogP contribution is -2.53. The van der Waals surface area contributed by atoms with Gasteiger partial charge >= 0.3 is 0 Å². The van der Waals surface area contributed by atoms with Crippen LogP contribution in [0, 0.1) is 5.92 Å². The van der Waals surface area contributed by atoms with Crippen LogP contribution in [0.3, 0.4) is 0 Å².